The van der Waals surface area contributed by atoms with Gasteiger partial charge in [0.15, 0.2) is 5.11 Å². The Morgan fingerprint density at radius 3 is 2.43 bits per heavy atom. The average molecular weight is 401 g/mol. The van der Waals surface area contributed by atoms with Gasteiger partial charge in [-0.05, 0) is 49.0 Å². The van der Waals surface area contributed by atoms with E-state index in [-0.39, 0.29) is 11.0 Å². The van der Waals surface area contributed by atoms with Gasteiger partial charge < -0.3 is 19.5 Å². The van der Waals surface area contributed by atoms with E-state index in [4.69, 9.17) is 26.4 Å². The van der Waals surface area contributed by atoms with Crippen molar-refractivity contribution in [2.24, 2.45) is 0 Å². The maximum atomic E-state index is 12.6. The van der Waals surface area contributed by atoms with Gasteiger partial charge in [-0.15, -0.1) is 0 Å². The molecule has 7 heteroatoms. The zero-order valence-electron chi connectivity index (χ0n) is 16.0. The van der Waals surface area contributed by atoms with Crippen LogP contribution in [0.1, 0.15) is 17.3 Å². The molecule has 0 radical (unpaired) electrons. The Labute approximate surface area is 170 Å². The third kappa shape index (κ3) is 6.68. The van der Waals surface area contributed by atoms with Gasteiger partial charge in [-0.1, -0.05) is 30.8 Å². The van der Waals surface area contributed by atoms with Gasteiger partial charge in [0.25, 0.3) is 5.91 Å². The summed E-state index contributed by atoms with van der Waals surface area (Å²) in [4.78, 5) is 12.6. The third-order valence-electron chi connectivity index (χ3n) is 3.51. The number of rotatable bonds is 9. The van der Waals surface area contributed by atoms with E-state index in [0.717, 1.165) is 5.57 Å². The minimum Gasteiger partial charge on any atom is -0.490 e. The number of methoxy groups -OCH3 is 1. The molecule has 2 aromatic carbocycles. The highest BCUT2D eigenvalue weighted by Gasteiger charge is 2.14. The highest BCUT2D eigenvalue weighted by molar-refractivity contribution is 7.80. The van der Waals surface area contributed by atoms with Crippen LogP contribution in [0.2, 0.25) is 0 Å². The van der Waals surface area contributed by atoms with Gasteiger partial charge in [0.1, 0.15) is 24.7 Å². The van der Waals surface area contributed by atoms with Gasteiger partial charge in [-0.2, -0.15) is 0 Å². The number of carbonyl (C=O) groups is 1. The lowest BCUT2D eigenvalue weighted by atomic mass is 10.2. The second-order valence-corrected chi connectivity index (χ2v) is 6.40. The van der Waals surface area contributed by atoms with E-state index in [0.29, 0.717) is 42.6 Å². The molecule has 2 rings (SSSR count). The Morgan fingerprint density at radius 1 is 1.04 bits per heavy atom. The van der Waals surface area contributed by atoms with E-state index in [9.17, 15) is 4.79 Å². The maximum absolute atomic E-state index is 12.6. The van der Waals surface area contributed by atoms with Gasteiger partial charge in [0.05, 0.1) is 17.9 Å². The first-order valence-electron chi connectivity index (χ1n) is 8.70. The molecule has 0 aromatic heterocycles. The molecule has 0 atom stereocenters. The summed E-state index contributed by atoms with van der Waals surface area (Å²) in [7, 11) is 1.59. The summed E-state index contributed by atoms with van der Waals surface area (Å²) in [5.41, 5.74) is 1.93. The number of hydrogen-bond donors (Lipinski definition) is 2. The molecular formula is C21H24N2O4S. The highest BCUT2D eigenvalue weighted by Crippen LogP contribution is 2.24. The van der Waals surface area contributed by atoms with Gasteiger partial charge >= 0.3 is 0 Å². The second kappa shape index (κ2) is 11.1. The van der Waals surface area contributed by atoms with Crippen molar-refractivity contribution in [2.45, 2.75) is 6.92 Å². The maximum Gasteiger partial charge on any atom is 0.261 e. The Bertz CT molecular complexity index is 839. The molecule has 2 N–H and O–H groups in total. The van der Waals surface area contributed by atoms with Gasteiger partial charge in [-0.3, -0.25) is 10.1 Å². The van der Waals surface area contributed by atoms with Crippen LogP contribution in [0.4, 0.5) is 5.69 Å². The van der Waals surface area contributed by atoms with Crippen LogP contribution in [0, 0.1) is 0 Å². The molecule has 0 bridgehead atoms. The zero-order valence-corrected chi connectivity index (χ0v) is 16.8. The fourth-order valence-corrected chi connectivity index (χ4v) is 2.44. The fourth-order valence-electron chi connectivity index (χ4n) is 2.24. The molecule has 148 valence electrons. The van der Waals surface area contributed by atoms with Crippen molar-refractivity contribution in [1.82, 2.24) is 5.32 Å². The van der Waals surface area contributed by atoms with Crippen LogP contribution in [-0.2, 0) is 4.74 Å². The normalized spacial score (nSPS) is 10.1. The number of carbonyl (C=O) groups excluding carboxylic acids is 1. The number of nitrogens with one attached hydrogen (secondary N) is 2. The van der Waals surface area contributed by atoms with Crippen molar-refractivity contribution in [3.8, 4) is 11.5 Å². The van der Waals surface area contributed by atoms with Crippen LogP contribution in [-0.4, -0.2) is 38.0 Å². The molecule has 0 saturated carbocycles. The summed E-state index contributed by atoms with van der Waals surface area (Å²) < 4.78 is 16.3. The first-order chi connectivity index (χ1) is 13.5. The van der Waals surface area contributed by atoms with E-state index in [2.05, 4.69) is 17.2 Å². The summed E-state index contributed by atoms with van der Waals surface area (Å²) in [6.07, 6.45) is 0. The summed E-state index contributed by atoms with van der Waals surface area (Å²) in [5.74, 6) is 0.710. The van der Waals surface area contributed by atoms with Crippen molar-refractivity contribution in [1.29, 1.82) is 0 Å². The Hall–Kier alpha value is -2.90. The molecule has 0 aliphatic carbocycles. The van der Waals surface area contributed by atoms with Crippen molar-refractivity contribution in [3.05, 3.63) is 66.2 Å². The van der Waals surface area contributed by atoms with E-state index >= 15 is 0 Å². The number of ether oxygens (including phenoxy) is 3. The Kier molecular flexibility index (Phi) is 8.45. The Balaban J connectivity index is 2.02. The van der Waals surface area contributed by atoms with E-state index in [1.807, 2.05) is 31.2 Å². The molecule has 0 heterocycles. The quantitative estimate of drug-likeness (QED) is 0.379. The number of thiocarbonyl (C=S) groups is 1. The average Bonchev–Trinajstić information content (AvgIpc) is 2.67. The van der Waals surface area contributed by atoms with Crippen molar-refractivity contribution in [2.75, 3.05) is 32.2 Å². The first kappa shape index (κ1) is 21.4. The monoisotopic (exact) mass is 400 g/mol. The summed E-state index contributed by atoms with van der Waals surface area (Å²) in [6, 6.07) is 14.3. The Morgan fingerprint density at radius 2 is 1.71 bits per heavy atom. The van der Waals surface area contributed by atoms with E-state index in [1.54, 1.807) is 31.4 Å². The summed E-state index contributed by atoms with van der Waals surface area (Å²) in [5, 5.41) is 5.81. The molecule has 0 unspecified atom stereocenters. The van der Waals surface area contributed by atoms with Crippen LogP contribution in [0.3, 0.4) is 0 Å². The standard InChI is InChI=1S/C21H24N2O4S/c1-15(2)14-27-19-11-7-5-9-17(19)22-21(28)23-20(24)16-8-4-6-10-18(16)26-13-12-25-3/h4-11H,1,12-14H2,2-3H3,(H2,22,23,24,28). The van der Waals surface area contributed by atoms with Crippen LogP contribution < -0.4 is 20.1 Å². The van der Waals surface area contributed by atoms with Crippen LogP contribution in [0.25, 0.3) is 0 Å². The first-order valence-corrected chi connectivity index (χ1v) is 9.11. The molecule has 28 heavy (non-hydrogen) atoms. The van der Waals surface area contributed by atoms with Gasteiger partial charge in [0, 0.05) is 7.11 Å². The van der Waals surface area contributed by atoms with Crippen LogP contribution in [0.15, 0.2) is 60.7 Å². The van der Waals surface area contributed by atoms with Crippen molar-refractivity contribution < 1.29 is 19.0 Å². The predicted molar refractivity (Wildman–Crippen MR) is 114 cm³/mol. The molecule has 0 aliphatic heterocycles. The van der Waals surface area contributed by atoms with Crippen LogP contribution in [0.5, 0.6) is 11.5 Å². The molecular weight excluding hydrogens is 376 g/mol. The number of amides is 1. The SMILES string of the molecule is C=C(C)COc1ccccc1NC(=S)NC(=O)c1ccccc1OCCOC. The largest absolute Gasteiger partial charge is 0.490 e. The number of para-hydroxylation sites is 3. The smallest absolute Gasteiger partial charge is 0.261 e. The third-order valence-corrected chi connectivity index (χ3v) is 3.72. The lowest BCUT2D eigenvalue weighted by Gasteiger charge is -2.15. The lowest BCUT2D eigenvalue weighted by Crippen LogP contribution is -2.34. The summed E-state index contributed by atoms with van der Waals surface area (Å²) >= 11 is 5.28. The summed E-state index contributed by atoms with van der Waals surface area (Å²) in [6.45, 7) is 6.87. The molecule has 1 amide bonds. The molecule has 0 spiro atoms. The highest BCUT2D eigenvalue weighted by atomic mass is 32.1. The topological polar surface area (TPSA) is 68.8 Å². The fraction of sp³-hybridized carbons (Fsp3) is 0.238. The van der Waals surface area contributed by atoms with E-state index in [1.165, 1.54) is 0 Å². The lowest BCUT2D eigenvalue weighted by molar-refractivity contribution is 0.0970. The molecule has 2 aromatic rings. The second-order valence-electron chi connectivity index (χ2n) is 5.99. The number of benzene rings is 2. The van der Waals surface area contributed by atoms with E-state index < -0.39 is 0 Å². The van der Waals surface area contributed by atoms with Gasteiger partial charge in [0.2, 0.25) is 0 Å². The van der Waals surface area contributed by atoms with Gasteiger partial charge in [-0.25, -0.2) is 0 Å². The van der Waals surface area contributed by atoms with Crippen molar-refractivity contribution >= 4 is 28.9 Å². The zero-order chi connectivity index (χ0) is 20.4. The predicted octanol–water partition coefficient (Wildman–Crippen LogP) is 3.79. The molecule has 6 nitrogen and oxygen atoms in total. The minimum absolute atomic E-state index is 0.156. The number of hydrogen-bond acceptors (Lipinski definition) is 5. The van der Waals surface area contributed by atoms with Crippen LogP contribution >= 0.6 is 12.2 Å². The number of anilines is 1. The molecule has 0 saturated heterocycles. The molecule has 0 fully saturated rings. The minimum atomic E-state index is -0.370. The van der Waals surface area contributed by atoms with Crippen molar-refractivity contribution in [3.63, 3.8) is 0 Å². The molecule has 0 aliphatic rings.